The number of nitrogens with one attached hydrogen (secondary N) is 2. The summed E-state index contributed by atoms with van der Waals surface area (Å²) in [5.74, 6) is -1.30. The molecule has 7 rings (SSSR count). The molecule has 0 radical (unpaired) electrons. The van der Waals surface area contributed by atoms with Crippen molar-refractivity contribution in [3.63, 3.8) is 0 Å². The Kier molecular flexibility index (Phi) is 11.5. The van der Waals surface area contributed by atoms with Crippen LogP contribution in [-0.2, 0) is 23.7 Å². The Morgan fingerprint density at radius 2 is 1.25 bits per heavy atom. The lowest BCUT2D eigenvalue weighted by atomic mass is 10.1. The molecule has 8 nitrogen and oxygen atoms in total. The van der Waals surface area contributed by atoms with E-state index in [4.69, 9.17) is 14.6 Å². The zero-order valence-electron chi connectivity index (χ0n) is 30.7. The summed E-state index contributed by atoms with van der Waals surface area (Å²) >= 11 is 0. The van der Waals surface area contributed by atoms with E-state index in [-0.39, 0.29) is 29.1 Å². The van der Waals surface area contributed by atoms with Crippen LogP contribution in [0.4, 0.5) is 50.9 Å². The van der Waals surface area contributed by atoms with E-state index in [1.165, 1.54) is 42.5 Å². The summed E-state index contributed by atoms with van der Waals surface area (Å²) < 4.78 is 129. The molecule has 3 heterocycles. The van der Waals surface area contributed by atoms with Crippen LogP contribution < -0.4 is 16.4 Å². The highest BCUT2D eigenvalue weighted by atomic mass is 19.4. The molecule has 0 fully saturated rings. The fourth-order valence-electron chi connectivity index (χ4n) is 5.73. The van der Waals surface area contributed by atoms with Crippen LogP contribution in [0.1, 0.15) is 53.0 Å². The first-order valence-electron chi connectivity index (χ1n) is 17.4. The molecule has 306 valence electrons. The van der Waals surface area contributed by atoms with Crippen molar-refractivity contribution in [2.45, 2.75) is 44.8 Å². The normalized spacial score (nSPS) is 12.1. The number of pyridine rings is 1. The van der Waals surface area contributed by atoms with E-state index in [9.17, 15) is 49.1 Å². The number of nitrogen functional groups attached to an aromatic ring is 1. The molecule has 0 bridgehead atoms. The fourth-order valence-corrected chi connectivity index (χ4v) is 5.73. The SMILES string of the molecule is CC(C)(F)C(=O)NCc1cnc(C(F)F)c(C(=O)Nc2ccc3oc(-c4cccc(C(F)(F)F)c4)cc3c2)c1.Nc1ccc2oc(-c3cccc(C(F)(F)F)c3)cc2c1. The molecular formula is C42H31F9N4O4. The fraction of sp³-hybridized carbons (Fsp3) is 0.167. The van der Waals surface area contributed by atoms with Crippen LogP contribution in [0.5, 0.6) is 0 Å². The lowest BCUT2D eigenvalue weighted by Gasteiger charge is -2.15. The van der Waals surface area contributed by atoms with Crippen molar-refractivity contribution in [1.29, 1.82) is 0 Å². The molecule has 3 aromatic heterocycles. The third-order valence-electron chi connectivity index (χ3n) is 8.68. The predicted molar refractivity (Wildman–Crippen MR) is 202 cm³/mol. The van der Waals surface area contributed by atoms with Gasteiger partial charge in [0.25, 0.3) is 18.2 Å². The minimum atomic E-state index is -4.53. The van der Waals surface area contributed by atoms with Crippen LogP contribution >= 0.6 is 0 Å². The van der Waals surface area contributed by atoms with Crippen LogP contribution in [0.2, 0.25) is 0 Å². The molecule has 17 heteroatoms. The number of halogens is 9. The van der Waals surface area contributed by atoms with Gasteiger partial charge in [0, 0.05) is 46.0 Å². The van der Waals surface area contributed by atoms with Gasteiger partial charge in [0.2, 0.25) is 0 Å². The van der Waals surface area contributed by atoms with Gasteiger partial charge >= 0.3 is 12.4 Å². The van der Waals surface area contributed by atoms with Crippen molar-refractivity contribution >= 4 is 45.1 Å². The minimum Gasteiger partial charge on any atom is -0.456 e. The van der Waals surface area contributed by atoms with Crippen molar-refractivity contribution in [1.82, 2.24) is 10.3 Å². The van der Waals surface area contributed by atoms with Crippen LogP contribution in [0.3, 0.4) is 0 Å². The van der Waals surface area contributed by atoms with Crippen LogP contribution in [-0.4, -0.2) is 22.5 Å². The second kappa shape index (κ2) is 16.2. The number of nitrogens with two attached hydrogens (primary N) is 1. The standard InChI is InChI=1S/C27H21F6N3O3.C15H10F3NO/c1-26(2,30)25(38)35-13-14-8-19(22(23(28)29)34-12-14)24(37)36-18-6-7-20-16(10-18)11-21(39-20)15-4-3-5-17(9-15)27(31,32)33;16-15(17,18)11-3-1-2-9(6-11)14-8-10-7-12(19)4-5-13(10)20-14/h3-12,23H,13H2,1-2H3,(H,35,38)(H,36,37);1-8H,19H2. The number of carbonyl (C=O) groups is 2. The summed E-state index contributed by atoms with van der Waals surface area (Å²) in [7, 11) is 0. The van der Waals surface area contributed by atoms with Gasteiger partial charge in [0.15, 0.2) is 5.67 Å². The van der Waals surface area contributed by atoms with Gasteiger partial charge in [-0.05, 0) is 98.3 Å². The molecule has 0 aliphatic rings. The molecule has 0 aliphatic carbocycles. The summed E-state index contributed by atoms with van der Waals surface area (Å²) in [4.78, 5) is 28.3. The Hall–Kier alpha value is -6.78. The van der Waals surface area contributed by atoms with Gasteiger partial charge in [-0.2, -0.15) is 26.3 Å². The highest BCUT2D eigenvalue weighted by Gasteiger charge is 2.32. The number of alkyl halides is 9. The smallest absolute Gasteiger partial charge is 0.416 e. The van der Waals surface area contributed by atoms with E-state index < -0.39 is 58.6 Å². The van der Waals surface area contributed by atoms with E-state index in [1.54, 1.807) is 30.3 Å². The molecule has 0 saturated carbocycles. The predicted octanol–water partition coefficient (Wildman–Crippen LogP) is 11.8. The van der Waals surface area contributed by atoms with E-state index in [0.717, 1.165) is 55.8 Å². The number of furan rings is 2. The minimum absolute atomic E-state index is 0.162. The molecular weight excluding hydrogens is 795 g/mol. The maximum absolute atomic E-state index is 13.7. The highest BCUT2D eigenvalue weighted by Crippen LogP contribution is 2.36. The summed E-state index contributed by atoms with van der Waals surface area (Å²) in [5.41, 5.74) is 3.18. The lowest BCUT2D eigenvalue weighted by Crippen LogP contribution is -2.38. The Morgan fingerprint density at radius 1 is 0.712 bits per heavy atom. The third-order valence-corrected chi connectivity index (χ3v) is 8.68. The third kappa shape index (κ3) is 10.0. The van der Waals surface area contributed by atoms with E-state index in [2.05, 4.69) is 15.6 Å². The van der Waals surface area contributed by atoms with Crippen molar-refractivity contribution in [3.8, 4) is 22.6 Å². The average Bonchev–Trinajstić information content (AvgIpc) is 3.80. The number of benzene rings is 4. The molecule has 2 amide bonds. The Morgan fingerprint density at radius 3 is 1.78 bits per heavy atom. The van der Waals surface area contributed by atoms with Crippen molar-refractivity contribution in [2.75, 3.05) is 11.1 Å². The van der Waals surface area contributed by atoms with Gasteiger partial charge in [0.1, 0.15) is 28.4 Å². The number of amides is 2. The molecule has 59 heavy (non-hydrogen) atoms. The molecule has 0 spiro atoms. The van der Waals surface area contributed by atoms with E-state index >= 15 is 0 Å². The second-order valence-corrected chi connectivity index (χ2v) is 13.6. The highest BCUT2D eigenvalue weighted by molar-refractivity contribution is 6.06. The van der Waals surface area contributed by atoms with Gasteiger partial charge in [-0.25, -0.2) is 13.2 Å². The zero-order chi connectivity index (χ0) is 42.9. The van der Waals surface area contributed by atoms with Gasteiger partial charge in [-0.3, -0.25) is 14.6 Å². The quantitative estimate of drug-likeness (QED) is 0.104. The van der Waals surface area contributed by atoms with E-state index in [0.29, 0.717) is 33.6 Å². The maximum atomic E-state index is 13.7. The molecule has 0 atom stereocenters. The Balaban J connectivity index is 0.000000244. The largest absolute Gasteiger partial charge is 0.456 e. The molecule has 0 aliphatic heterocycles. The van der Waals surface area contributed by atoms with E-state index in [1.807, 2.05) is 0 Å². The first kappa shape index (κ1) is 41.8. The summed E-state index contributed by atoms with van der Waals surface area (Å²) in [6, 6.07) is 23.4. The van der Waals surface area contributed by atoms with Crippen LogP contribution in [0.25, 0.3) is 44.6 Å². The number of nitrogens with zero attached hydrogens (tertiary/aromatic N) is 1. The van der Waals surface area contributed by atoms with Gasteiger partial charge in [-0.1, -0.05) is 24.3 Å². The zero-order valence-corrected chi connectivity index (χ0v) is 30.7. The van der Waals surface area contributed by atoms with Crippen molar-refractivity contribution in [3.05, 3.63) is 137 Å². The monoisotopic (exact) mass is 826 g/mol. The van der Waals surface area contributed by atoms with Gasteiger partial charge in [0.05, 0.1) is 16.7 Å². The first-order chi connectivity index (χ1) is 27.7. The number of anilines is 2. The van der Waals surface area contributed by atoms with Crippen LogP contribution in [0, 0.1) is 0 Å². The molecule has 0 unspecified atom stereocenters. The average molecular weight is 827 g/mol. The number of rotatable bonds is 8. The molecule has 4 N–H and O–H groups in total. The first-order valence-corrected chi connectivity index (χ1v) is 17.4. The number of hydrogen-bond acceptors (Lipinski definition) is 6. The summed E-state index contributed by atoms with van der Waals surface area (Å²) in [5, 5.41) is 6.00. The topological polar surface area (TPSA) is 123 Å². The molecule has 7 aromatic rings. The number of aromatic nitrogens is 1. The Bertz CT molecular complexity index is 2660. The maximum Gasteiger partial charge on any atom is 0.416 e. The van der Waals surface area contributed by atoms with Crippen molar-refractivity contribution < 1.29 is 57.9 Å². The summed E-state index contributed by atoms with van der Waals surface area (Å²) in [6.07, 6.45) is -10.9. The lowest BCUT2D eigenvalue weighted by molar-refractivity contribution is -0.138. The van der Waals surface area contributed by atoms with Crippen molar-refractivity contribution in [2.24, 2.45) is 0 Å². The van der Waals surface area contributed by atoms with Crippen LogP contribution in [0.15, 0.2) is 118 Å². The number of hydrogen-bond donors (Lipinski definition) is 3. The molecule has 4 aromatic carbocycles. The number of fused-ring (bicyclic) bond motifs is 2. The second-order valence-electron chi connectivity index (χ2n) is 13.6. The molecule has 0 saturated heterocycles. The Labute approximate surface area is 328 Å². The van der Waals surface area contributed by atoms with Gasteiger partial charge in [-0.15, -0.1) is 0 Å². The summed E-state index contributed by atoms with van der Waals surface area (Å²) in [6.45, 7) is 1.86. The van der Waals surface area contributed by atoms with Gasteiger partial charge < -0.3 is 25.2 Å². The number of carbonyl (C=O) groups excluding carboxylic acids is 2.